The minimum Gasteiger partial charge on any atom is -0.383 e. The van der Waals surface area contributed by atoms with Crippen LogP contribution in [0.5, 0.6) is 0 Å². The number of methoxy groups -OCH3 is 1. The lowest BCUT2D eigenvalue weighted by Gasteiger charge is -2.02. The number of nitrogens with zero attached hydrogens (tertiary/aromatic N) is 3. The van der Waals surface area contributed by atoms with E-state index in [9.17, 15) is 0 Å². The van der Waals surface area contributed by atoms with Crippen molar-refractivity contribution in [1.29, 1.82) is 0 Å². The third-order valence-electron chi connectivity index (χ3n) is 2.38. The van der Waals surface area contributed by atoms with Crippen molar-refractivity contribution in [2.75, 3.05) is 13.7 Å². The molecule has 80 valence electrons. The highest BCUT2D eigenvalue weighted by molar-refractivity contribution is 9.10. The van der Waals surface area contributed by atoms with Crippen LogP contribution in [0.1, 0.15) is 5.56 Å². The van der Waals surface area contributed by atoms with Gasteiger partial charge >= 0.3 is 0 Å². The van der Waals surface area contributed by atoms with Crippen LogP contribution in [0.25, 0.3) is 11.0 Å². The number of benzene rings is 1. The largest absolute Gasteiger partial charge is 0.383 e. The fraction of sp³-hybridized carbons (Fsp3) is 0.400. The van der Waals surface area contributed by atoms with Crippen molar-refractivity contribution in [2.24, 2.45) is 0 Å². The van der Waals surface area contributed by atoms with Gasteiger partial charge in [-0.2, -0.15) is 0 Å². The topological polar surface area (TPSA) is 39.9 Å². The van der Waals surface area contributed by atoms with Gasteiger partial charge in [-0.05, 0) is 24.6 Å². The maximum Gasteiger partial charge on any atom is 0.117 e. The molecule has 0 aliphatic carbocycles. The number of fused-ring (bicyclic) bond motifs is 1. The van der Waals surface area contributed by atoms with Crippen molar-refractivity contribution < 1.29 is 4.74 Å². The van der Waals surface area contributed by atoms with Gasteiger partial charge in [0.2, 0.25) is 0 Å². The van der Waals surface area contributed by atoms with Crippen LogP contribution in [-0.4, -0.2) is 28.7 Å². The Balaban J connectivity index is 2.47. The quantitative estimate of drug-likeness (QED) is 0.858. The minimum atomic E-state index is 0.646. The van der Waals surface area contributed by atoms with E-state index < -0.39 is 0 Å². The van der Waals surface area contributed by atoms with Gasteiger partial charge in [0.05, 0.1) is 18.7 Å². The summed E-state index contributed by atoms with van der Waals surface area (Å²) in [6.45, 7) is 3.41. The van der Waals surface area contributed by atoms with Gasteiger partial charge in [-0.1, -0.05) is 21.1 Å². The lowest BCUT2D eigenvalue weighted by Crippen LogP contribution is -2.05. The first-order valence-electron chi connectivity index (χ1n) is 4.71. The number of rotatable bonds is 3. The molecule has 0 N–H and O–H groups in total. The molecule has 4 nitrogen and oxygen atoms in total. The number of hydrogen-bond acceptors (Lipinski definition) is 3. The Hall–Kier alpha value is -0.940. The first kappa shape index (κ1) is 10.6. The smallest absolute Gasteiger partial charge is 0.117 e. The molecule has 0 spiro atoms. The Morgan fingerprint density at radius 1 is 1.47 bits per heavy atom. The van der Waals surface area contributed by atoms with Crippen LogP contribution in [0.15, 0.2) is 16.6 Å². The van der Waals surface area contributed by atoms with E-state index >= 15 is 0 Å². The molecular weight excluding hydrogens is 258 g/mol. The zero-order valence-corrected chi connectivity index (χ0v) is 10.3. The molecule has 0 radical (unpaired) electrons. The molecule has 0 bridgehead atoms. The van der Waals surface area contributed by atoms with Gasteiger partial charge in [0.25, 0.3) is 0 Å². The number of halogens is 1. The van der Waals surface area contributed by atoms with Crippen molar-refractivity contribution in [3.05, 3.63) is 22.2 Å². The third kappa shape index (κ3) is 1.89. The summed E-state index contributed by atoms with van der Waals surface area (Å²) in [5.41, 5.74) is 3.12. The predicted molar refractivity (Wildman–Crippen MR) is 61.8 cm³/mol. The van der Waals surface area contributed by atoms with Crippen LogP contribution in [0.2, 0.25) is 0 Å². The number of aromatic nitrogens is 3. The van der Waals surface area contributed by atoms with Gasteiger partial charge in [0.15, 0.2) is 0 Å². The molecule has 1 aromatic carbocycles. The van der Waals surface area contributed by atoms with E-state index in [-0.39, 0.29) is 0 Å². The zero-order chi connectivity index (χ0) is 10.8. The van der Waals surface area contributed by atoms with E-state index in [0.717, 1.165) is 27.6 Å². The summed E-state index contributed by atoms with van der Waals surface area (Å²) in [6.07, 6.45) is 0. The Morgan fingerprint density at radius 3 is 3.00 bits per heavy atom. The highest BCUT2D eigenvalue weighted by Crippen LogP contribution is 2.23. The van der Waals surface area contributed by atoms with Crippen LogP contribution < -0.4 is 0 Å². The van der Waals surface area contributed by atoms with Crippen LogP contribution in [-0.2, 0) is 11.3 Å². The molecule has 5 heteroatoms. The first-order valence-corrected chi connectivity index (χ1v) is 5.50. The summed E-state index contributed by atoms with van der Waals surface area (Å²) in [5.74, 6) is 0. The fourth-order valence-electron chi connectivity index (χ4n) is 1.49. The molecular formula is C10H12BrN3O. The van der Waals surface area contributed by atoms with E-state index in [1.165, 1.54) is 0 Å². The van der Waals surface area contributed by atoms with Gasteiger partial charge < -0.3 is 4.74 Å². The van der Waals surface area contributed by atoms with Crippen LogP contribution in [0.4, 0.5) is 0 Å². The summed E-state index contributed by atoms with van der Waals surface area (Å²) in [6, 6.07) is 4.03. The summed E-state index contributed by atoms with van der Waals surface area (Å²) in [5, 5.41) is 8.26. The molecule has 1 aromatic heterocycles. The average Bonchev–Trinajstić information content (AvgIpc) is 2.64. The highest BCUT2D eigenvalue weighted by atomic mass is 79.9. The molecule has 2 rings (SSSR count). The number of aryl methyl sites for hydroxylation is 1. The molecule has 2 aromatic rings. The Bertz CT molecular complexity index is 481. The van der Waals surface area contributed by atoms with Crippen LogP contribution >= 0.6 is 15.9 Å². The minimum absolute atomic E-state index is 0.646. The van der Waals surface area contributed by atoms with E-state index in [4.69, 9.17) is 4.74 Å². The summed E-state index contributed by atoms with van der Waals surface area (Å²) in [7, 11) is 1.68. The Kier molecular flexibility index (Phi) is 3.02. The van der Waals surface area contributed by atoms with Gasteiger partial charge in [-0.15, -0.1) is 5.10 Å². The Labute approximate surface area is 96.3 Å². The van der Waals surface area contributed by atoms with E-state index in [1.54, 1.807) is 7.11 Å². The maximum atomic E-state index is 5.02. The summed E-state index contributed by atoms with van der Waals surface area (Å²) < 4.78 is 7.94. The number of ether oxygens (including phenoxy) is 1. The van der Waals surface area contributed by atoms with Crippen molar-refractivity contribution in [3.8, 4) is 0 Å². The normalized spacial score (nSPS) is 11.1. The molecule has 15 heavy (non-hydrogen) atoms. The van der Waals surface area contributed by atoms with E-state index in [0.29, 0.717) is 6.61 Å². The van der Waals surface area contributed by atoms with Crippen molar-refractivity contribution in [1.82, 2.24) is 15.0 Å². The molecule has 0 unspecified atom stereocenters. The Morgan fingerprint density at radius 2 is 2.27 bits per heavy atom. The van der Waals surface area contributed by atoms with Gasteiger partial charge in [-0.25, -0.2) is 4.68 Å². The molecule has 0 atom stereocenters. The fourth-order valence-corrected chi connectivity index (χ4v) is 1.81. The van der Waals surface area contributed by atoms with Gasteiger partial charge in [0, 0.05) is 11.6 Å². The highest BCUT2D eigenvalue weighted by Gasteiger charge is 2.08. The molecule has 0 aliphatic rings. The summed E-state index contributed by atoms with van der Waals surface area (Å²) in [4.78, 5) is 0. The molecule has 0 fully saturated rings. The van der Waals surface area contributed by atoms with Crippen molar-refractivity contribution in [3.63, 3.8) is 0 Å². The maximum absolute atomic E-state index is 5.02. The standard InChI is InChI=1S/C10H12BrN3O/c1-7-8(11)3-4-9-10(7)12-13-14(9)5-6-15-2/h3-4H,5-6H2,1-2H3. The zero-order valence-electron chi connectivity index (χ0n) is 8.70. The summed E-state index contributed by atoms with van der Waals surface area (Å²) >= 11 is 3.48. The van der Waals surface area contributed by atoms with Gasteiger partial charge in [0.1, 0.15) is 5.52 Å². The SMILES string of the molecule is COCCn1nnc2c(C)c(Br)ccc21. The van der Waals surface area contributed by atoms with Crippen molar-refractivity contribution in [2.45, 2.75) is 13.5 Å². The van der Waals surface area contributed by atoms with E-state index in [1.807, 2.05) is 23.7 Å². The van der Waals surface area contributed by atoms with Crippen molar-refractivity contribution >= 4 is 27.0 Å². The average molecular weight is 270 g/mol. The molecule has 1 heterocycles. The molecule has 0 saturated heterocycles. The number of hydrogen-bond donors (Lipinski definition) is 0. The monoisotopic (exact) mass is 269 g/mol. The van der Waals surface area contributed by atoms with Crippen LogP contribution in [0, 0.1) is 6.92 Å². The second kappa shape index (κ2) is 4.28. The third-order valence-corrected chi connectivity index (χ3v) is 3.24. The predicted octanol–water partition coefficient (Wildman–Crippen LogP) is 2.15. The van der Waals surface area contributed by atoms with Gasteiger partial charge in [-0.3, -0.25) is 0 Å². The molecule has 0 amide bonds. The lowest BCUT2D eigenvalue weighted by atomic mass is 10.2. The van der Waals surface area contributed by atoms with E-state index in [2.05, 4.69) is 26.2 Å². The first-order chi connectivity index (χ1) is 7.24. The molecule has 0 saturated carbocycles. The lowest BCUT2D eigenvalue weighted by molar-refractivity contribution is 0.184. The second-order valence-corrected chi connectivity index (χ2v) is 4.20. The van der Waals surface area contributed by atoms with Crippen LogP contribution in [0.3, 0.4) is 0 Å². The molecule has 0 aliphatic heterocycles. The second-order valence-electron chi connectivity index (χ2n) is 3.35.